The molecule has 0 aliphatic carbocycles. The predicted octanol–water partition coefficient (Wildman–Crippen LogP) is 3.26. The van der Waals surface area contributed by atoms with Crippen molar-refractivity contribution in [3.8, 4) is 16.9 Å². The van der Waals surface area contributed by atoms with E-state index in [1.807, 2.05) is 49.8 Å². The Labute approximate surface area is 127 Å². The predicted molar refractivity (Wildman–Crippen MR) is 85.0 cm³/mol. The second-order valence-electron chi connectivity index (χ2n) is 5.20. The molecule has 0 spiro atoms. The summed E-state index contributed by atoms with van der Waals surface area (Å²) in [6.45, 7) is 2.00. The zero-order chi connectivity index (χ0) is 15.1. The second kappa shape index (κ2) is 4.80. The molecule has 4 aromatic rings. The number of aromatic nitrogens is 4. The molecule has 0 atom stereocenters. The van der Waals surface area contributed by atoms with Crippen LogP contribution >= 0.6 is 0 Å². The molecule has 0 fully saturated rings. The molecule has 3 heterocycles. The number of hydrogen-bond donors (Lipinski definition) is 0. The minimum absolute atomic E-state index is 0.797. The quantitative estimate of drug-likeness (QED) is 0.568. The summed E-state index contributed by atoms with van der Waals surface area (Å²) in [5.41, 5.74) is 4.88. The number of pyridine rings is 1. The minimum atomic E-state index is 0.797. The fraction of sp³-hybridized carbons (Fsp3) is 0.118. The third-order valence-corrected chi connectivity index (χ3v) is 3.73. The molecule has 3 aromatic heterocycles. The highest BCUT2D eigenvalue weighted by Crippen LogP contribution is 2.31. The fourth-order valence-electron chi connectivity index (χ4n) is 2.65. The van der Waals surface area contributed by atoms with Crippen LogP contribution < -0.4 is 4.74 Å². The first kappa shape index (κ1) is 12.8. The van der Waals surface area contributed by atoms with Crippen molar-refractivity contribution in [2.75, 3.05) is 7.11 Å². The lowest BCUT2D eigenvalue weighted by molar-refractivity contribution is 0.415. The maximum atomic E-state index is 5.27. The van der Waals surface area contributed by atoms with Crippen LogP contribution in [0.5, 0.6) is 5.75 Å². The van der Waals surface area contributed by atoms with Crippen LogP contribution in [0.1, 0.15) is 5.56 Å². The van der Waals surface area contributed by atoms with Crippen LogP contribution in [0.25, 0.3) is 27.7 Å². The molecule has 22 heavy (non-hydrogen) atoms. The summed E-state index contributed by atoms with van der Waals surface area (Å²) in [5.74, 6) is 0.797. The molecule has 5 nitrogen and oxygen atoms in total. The molecule has 4 rings (SSSR count). The van der Waals surface area contributed by atoms with Crippen LogP contribution in [-0.4, -0.2) is 26.7 Å². The Balaban J connectivity index is 2.00. The lowest BCUT2D eigenvalue weighted by atomic mass is 10.0. The van der Waals surface area contributed by atoms with E-state index < -0.39 is 0 Å². The van der Waals surface area contributed by atoms with Gasteiger partial charge in [-0.25, -0.2) is 9.50 Å². The maximum Gasteiger partial charge on any atom is 0.162 e. The molecule has 0 aliphatic rings. The molecule has 1 aromatic carbocycles. The molecule has 108 valence electrons. The molecule has 0 saturated heterocycles. The van der Waals surface area contributed by atoms with E-state index in [1.54, 1.807) is 17.8 Å². The lowest BCUT2D eigenvalue weighted by Crippen LogP contribution is -1.91. The van der Waals surface area contributed by atoms with Crippen molar-refractivity contribution in [2.24, 2.45) is 0 Å². The summed E-state index contributed by atoms with van der Waals surface area (Å²) >= 11 is 0. The van der Waals surface area contributed by atoms with Gasteiger partial charge in [-0.2, -0.15) is 5.10 Å². The minimum Gasteiger partial charge on any atom is -0.497 e. The van der Waals surface area contributed by atoms with Gasteiger partial charge in [0.05, 0.1) is 18.8 Å². The number of fused-ring (bicyclic) bond motifs is 2. The zero-order valence-electron chi connectivity index (χ0n) is 12.3. The number of nitrogens with zero attached hydrogens (tertiary/aromatic N) is 4. The van der Waals surface area contributed by atoms with E-state index in [0.717, 1.165) is 39.0 Å². The third kappa shape index (κ3) is 1.90. The highest BCUT2D eigenvalue weighted by atomic mass is 16.5. The third-order valence-electron chi connectivity index (χ3n) is 3.73. The van der Waals surface area contributed by atoms with Gasteiger partial charge >= 0.3 is 0 Å². The van der Waals surface area contributed by atoms with Crippen molar-refractivity contribution in [1.82, 2.24) is 19.6 Å². The van der Waals surface area contributed by atoms with E-state index in [2.05, 4.69) is 15.1 Å². The summed E-state index contributed by atoms with van der Waals surface area (Å²) in [4.78, 5) is 8.94. The summed E-state index contributed by atoms with van der Waals surface area (Å²) in [7, 11) is 1.66. The average Bonchev–Trinajstić information content (AvgIpc) is 2.96. The molecule has 0 bridgehead atoms. The van der Waals surface area contributed by atoms with Gasteiger partial charge in [0.15, 0.2) is 5.65 Å². The molecule has 0 radical (unpaired) electrons. The normalized spacial score (nSPS) is 11.2. The first-order valence-electron chi connectivity index (χ1n) is 6.99. The maximum absolute atomic E-state index is 5.27. The van der Waals surface area contributed by atoms with Gasteiger partial charge in [0.2, 0.25) is 0 Å². The number of hydrogen-bond acceptors (Lipinski definition) is 4. The highest BCUT2D eigenvalue weighted by molar-refractivity contribution is 5.98. The Kier molecular flexibility index (Phi) is 2.79. The number of rotatable bonds is 2. The van der Waals surface area contributed by atoms with Crippen LogP contribution in [0.4, 0.5) is 0 Å². The Bertz CT molecular complexity index is 990. The fourth-order valence-corrected chi connectivity index (χ4v) is 2.65. The van der Waals surface area contributed by atoms with Gasteiger partial charge in [-0.3, -0.25) is 4.98 Å². The van der Waals surface area contributed by atoms with Crippen molar-refractivity contribution in [1.29, 1.82) is 0 Å². The first-order valence-corrected chi connectivity index (χ1v) is 6.99. The monoisotopic (exact) mass is 290 g/mol. The smallest absolute Gasteiger partial charge is 0.162 e. The Morgan fingerprint density at radius 3 is 2.82 bits per heavy atom. The Morgan fingerprint density at radius 1 is 1.05 bits per heavy atom. The Hall–Kier alpha value is -2.95. The van der Waals surface area contributed by atoms with Crippen LogP contribution in [0.15, 0.2) is 49.1 Å². The van der Waals surface area contributed by atoms with Crippen molar-refractivity contribution in [3.05, 3.63) is 54.6 Å². The summed E-state index contributed by atoms with van der Waals surface area (Å²) < 4.78 is 7.07. The van der Waals surface area contributed by atoms with Gasteiger partial charge in [0.25, 0.3) is 0 Å². The molecule has 0 aliphatic heterocycles. The van der Waals surface area contributed by atoms with Crippen LogP contribution in [0.3, 0.4) is 0 Å². The van der Waals surface area contributed by atoms with Crippen molar-refractivity contribution in [3.63, 3.8) is 0 Å². The number of aryl methyl sites for hydroxylation is 1. The standard InChI is InChI=1S/C17H14N4O/c1-11-8-19-17-15(9-20-21(17)10-11)13-5-6-18-16-7-12(22-2)3-4-14(13)16/h3-10H,1-2H3. The summed E-state index contributed by atoms with van der Waals surface area (Å²) in [6, 6.07) is 7.89. The Morgan fingerprint density at radius 2 is 1.95 bits per heavy atom. The summed E-state index contributed by atoms with van der Waals surface area (Å²) in [6.07, 6.45) is 7.47. The van der Waals surface area contributed by atoms with Gasteiger partial charge in [0.1, 0.15) is 5.75 Å². The number of methoxy groups -OCH3 is 1. The van der Waals surface area contributed by atoms with Crippen molar-refractivity contribution < 1.29 is 4.74 Å². The summed E-state index contributed by atoms with van der Waals surface area (Å²) in [5, 5.41) is 5.46. The second-order valence-corrected chi connectivity index (χ2v) is 5.20. The highest BCUT2D eigenvalue weighted by Gasteiger charge is 2.12. The number of benzene rings is 1. The van der Waals surface area contributed by atoms with E-state index in [1.165, 1.54) is 0 Å². The van der Waals surface area contributed by atoms with E-state index >= 15 is 0 Å². The molecular formula is C17H14N4O. The molecule has 0 saturated carbocycles. The van der Waals surface area contributed by atoms with Crippen molar-refractivity contribution >= 4 is 16.6 Å². The van der Waals surface area contributed by atoms with Gasteiger partial charge < -0.3 is 4.74 Å². The van der Waals surface area contributed by atoms with E-state index in [4.69, 9.17) is 4.74 Å². The van der Waals surface area contributed by atoms with E-state index in [9.17, 15) is 0 Å². The molecule has 5 heteroatoms. The van der Waals surface area contributed by atoms with Crippen LogP contribution in [0, 0.1) is 6.92 Å². The van der Waals surface area contributed by atoms with Crippen molar-refractivity contribution in [2.45, 2.75) is 6.92 Å². The van der Waals surface area contributed by atoms with Crippen LogP contribution in [0.2, 0.25) is 0 Å². The molecule has 0 N–H and O–H groups in total. The number of ether oxygens (including phenoxy) is 1. The van der Waals surface area contributed by atoms with Gasteiger partial charge in [-0.05, 0) is 36.2 Å². The largest absolute Gasteiger partial charge is 0.497 e. The topological polar surface area (TPSA) is 52.3 Å². The van der Waals surface area contributed by atoms with E-state index in [0.29, 0.717) is 0 Å². The van der Waals surface area contributed by atoms with Gasteiger partial charge in [-0.15, -0.1) is 0 Å². The molecular weight excluding hydrogens is 276 g/mol. The molecule has 0 unspecified atom stereocenters. The molecule has 0 amide bonds. The van der Waals surface area contributed by atoms with Gasteiger partial charge in [-0.1, -0.05) is 0 Å². The van der Waals surface area contributed by atoms with Crippen LogP contribution in [-0.2, 0) is 0 Å². The first-order chi connectivity index (χ1) is 10.8. The van der Waals surface area contributed by atoms with E-state index in [-0.39, 0.29) is 0 Å². The SMILES string of the molecule is COc1ccc2c(-c3cnn4cc(C)cnc34)ccnc2c1. The lowest BCUT2D eigenvalue weighted by Gasteiger charge is -2.06. The average molecular weight is 290 g/mol. The zero-order valence-corrected chi connectivity index (χ0v) is 12.3. The van der Waals surface area contributed by atoms with Gasteiger partial charge in [0, 0.05) is 35.6 Å².